The number of pyridine rings is 1. The number of phenols is 1. The number of aromatic hydroxyl groups is 1. The Hall–Kier alpha value is -5.12. The monoisotopic (exact) mass is 684 g/mol. The summed E-state index contributed by atoms with van der Waals surface area (Å²) in [5.74, 6) is -1.27. The van der Waals surface area contributed by atoms with Crippen LogP contribution in [0.5, 0.6) is 5.75 Å². The predicted octanol–water partition coefficient (Wildman–Crippen LogP) is 4.61. The van der Waals surface area contributed by atoms with Gasteiger partial charge in [0.25, 0.3) is 5.91 Å². The molecule has 13 nitrogen and oxygen atoms in total. The van der Waals surface area contributed by atoms with Crippen molar-refractivity contribution in [3.63, 3.8) is 0 Å². The van der Waals surface area contributed by atoms with Crippen LogP contribution in [-0.4, -0.2) is 72.5 Å². The quantitative estimate of drug-likeness (QED) is 0.250. The molecule has 5 aromatic rings. The summed E-state index contributed by atoms with van der Waals surface area (Å²) in [4.78, 5) is 49.8. The summed E-state index contributed by atoms with van der Waals surface area (Å²) in [6, 6.07) is 5.63. The van der Waals surface area contributed by atoms with Crippen LogP contribution in [0, 0.1) is 0 Å². The van der Waals surface area contributed by atoms with Gasteiger partial charge in [-0.3, -0.25) is 14.4 Å². The van der Waals surface area contributed by atoms with E-state index in [1.165, 1.54) is 17.3 Å². The topological polar surface area (TPSA) is 152 Å². The van der Waals surface area contributed by atoms with Crippen molar-refractivity contribution in [1.29, 1.82) is 0 Å². The first-order valence-electron chi connectivity index (χ1n) is 15.2. The molecule has 2 N–H and O–H groups in total. The Morgan fingerprint density at radius 3 is 2.52 bits per heavy atom. The molecule has 0 radical (unpaired) electrons. The second kappa shape index (κ2) is 11.8. The van der Waals surface area contributed by atoms with E-state index < -0.39 is 23.6 Å². The fourth-order valence-corrected chi connectivity index (χ4v) is 6.24. The largest absolute Gasteiger partial charge is 0.507 e. The van der Waals surface area contributed by atoms with Crippen LogP contribution in [0.2, 0.25) is 5.02 Å². The number of fused-ring (bicyclic) bond motifs is 2. The molecular weight excluding hydrogens is 657 g/mol. The van der Waals surface area contributed by atoms with Crippen LogP contribution in [-0.2, 0) is 23.9 Å². The number of nitrogens with zero attached hydrogens (tertiary/aromatic N) is 7. The highest BCUT2D eigenvalue weighted by Crippen LogP contribution is 2.36. The van der Waals surface area contributed by atoms with E-state index in [0.717, 1.165) is 31.0 Å². The van der Waals surface area contributed by atoms with Crippen LogP contribution in [0.15, 0.2) is 45.9 Å². The molecule has 17 heteroatoms. The average molecular weight is 685 g/mol. The van der Waals surface area contributed by atoms with E-state index in [2.05, 4.69) is 20.5 Å². The third-order valence-electron chi connectivity index (χ3n) is 8.55. The van der Waals surface area contributed by atoms with Gasteiger partial charge in [0.1, 0.15) is 29.1 Å². The van der Waals surface area contributed by atoms with Gasteiger partial charge in [-0.25, -0.2) is 4.98 Å². The van der Waals surface area contributed by atoms with Gasteiger partial charge in [0.2, 0.25) is 11.3 Å². The maximum atomic E-state index is 14.0. The Morgan fingerprint density at radius 2 is 1.85 bits per heavy atom. The predicted molar refractivity (Wildman–Crippen MR) is 168 cm³/mol. The van der Waals surface area contributed by atoms with Crippen LogP contribution >= 0.6 is 11.6 Å². The minimum Gasteiger partial charge on any atom is -0.507 e. The number of nitrogens with one attached hydrogen (secondary N) is 1. The van der Waals surface area contributed by atoms with Crippen molar-refractivity contribution in [2.75, 3.05) is 36.4 Å². The summed E-state index contributed by atoms with van der Waals surface area (Å²) >= 11 is 6.09. The first-order chi connectivity index (χ1) is 22.9. The van der Waals surface area contributed by atoms with E-state index in [9.17, 15) is 32.7 Å². The van der Waals surface area contributed by atoms with E-state index in [4.69, 9.17) is 16.0 Å². The van der Waals surface area contributed by atoms with Crippen molar-refractivity contribution in [2.24, 2.45) is 0 Å². The molecule has 1 saturated heterocycles. The molecule has 2 amide bonds. The Labute approximate surface area is 274 Å². The molecule has 0 spiro atoms. The number of hydrogen-bond acceptors (Lipinski definition) is 9. The van der Waals surface area contributed by atoms with E-state index in [0.29, 0.717) is 23.3 Å². The number of halogens is 4. The summed E-state index contributed by atoms with van der Waals surface area (Å²) < 4.78 is 46.4. The number of piperazine rings is 1. The Kier molecular flexibility index (Phi) is 7.77. The maximum Gasteiger partial charge on any atom is 0.416 e. The van der Waals surface area contributed by atoms with Crippen molar-refractivity contribution < 1.29 is 32.3 Å². The molecular formula is C31H28ClF3N8O5. The van der Waals surface area contributed by atoms with Crippen LogP contribution in [0.3, 0.4) is 0 Å². The number of benzene rings is 2. The summed E-state index contributed by atoms with van der Waals surface area (Å²) in [6.45, 7) is 2.45. The zero-order valence-corrected chi connectivity index (χ0v) is 26.2. The van der Waals surface area contributed by atoms with E-state index in [1.54, 1.807) is 15.5 Å². The highest BCUT2D eigenvalue weighted by atomic mass is 35.5. The maximum absolute atomic E-state index is 14.0. The summed E-state index contributed by atoms with van der Waals surface area (Å²) in [7, 11) is 0. The van der Waals surface area contributed by atoms with E-state index in [1.807, 2.05) is 11.8 Å². The van der Waals surface area contributed by atoms with Gasteiger partial charge >= 0.3 is 6.18 Å². The molecule has 7 rings (SSSR count). The lowest BCUT2D eigenvalue weighted by molar-refractivity contribution is -0.137. The number of amides is 2. The van der Waals surface area contributed by atoms with Crippen molar-refractivity contribution in [1.82, 2.24) is 29.4 Å². The lowest BCUT2D eigenvalue weighted by Crippen LogP contribution is -2.50. The minimum absolute atomic E-state index is 0.000269. The second-order valence-electron chi connectivity index (χ2n) is 11.7. The molecule has 0 unspecified atom stereocenters. The lowest BCUT2D eigenvalue weighted by atomic mass is 10.1. The van der Waals surface area contributed by atoms with Gasteiger partial charge in [0.15, 0.2) is 23.1 Å². The number of alkyl halides is 3. The third kappa shape index (κ3) is 5.59. The summed E-state index contributed by atoms with van der Waals surface area (Å²) in [5, 5.41) is 21.8. The number of rotatable bonds is 7. The standard InChI is InChI=1S/C31H28ClF3N8O5/c1-2-21-26(40-9-11-41(12-10-40)30(47)24-22(44)8-7-20-28(24)48-15-36-20)27(46)25-29(39-43(38-25)17-4-5-17)42(21)14-23(45)37-19-6-3-16(13-18(19)32)31(33,34)35/h3,6-8,13,15,17,44H,2,4-5,9-12,14H2,1H3,(H,37,45). The summed E-state index contributed by atoms with van der Waals surface area (Å²) in [5.41, 5.74) is 0.426. The van der Waals surface area contributed by atoms with Crippen LogP contribution < -0.4 is 15.6 Å². The Balaban J connectivity index is 1.19. The number of oxazole rings is 1. The van der Waals surface area contributed by atoms with Gasteiger partial charge in [-0.1, -0.05) is 18.5 Å². The molecule has 250 valence electrons. The number of aromatic nitrogens is 5. The number of carbonyl (C=O) groups excluding carboxylic acids is 2. The molecule has 0 bridgehead atoms. The highest BCUT2D eigenvalue weighted by molar-refractivity contribution is 6.33. The average Bonchev–Trinajstić information content (AvgIpc) is 3.62. The first-order valence-corrected chi connectivity index (χ1v) is 15.6. The zero-order chi connectivity index (χ0) is 33.9. The van der Waals surface area contributed by atoms with Gasteiger partial charge in [0, 0.05) is 31.9 Å². The van der Waals surface area contributed by atoms with Gasteiger partial charge in [-0.05, 0) is 49.6 Å². The van der Waals surface area contributed by atoms with Crippen molar-refractivity contribution in [3.05, 3.63) is 68.8 Å². The van der Waals surface area contributed by atoms with Gasteiger partial charge < -0.3 is 29.2 Å². The molecule has 2 fully saturated rings. The smallest absolute Gasteiger partial charge is 0.416 e. The Bertz CT molecular complexity index is 2150. The number of anilines is 2. The van der Waals surface area contributed by atoms with Crippen molar-refractivity contribution >= 4 is 57.1 Å². The Morgan fingerprint density at radius 1 is 1.10 bits per heavy atom. The molecule has 1 saturated carbocycles. The van der Waals surface area contributed by atoms with Crippen LogP contribution in [0.1, 0.15) is 47.4 Å². The number of carbonyl (C=O) groups is 2. The molecule has 3 aromatic heterocycles. The normalized spacial score (nSPS) is 15.4. The minimum atomic E-state index is -4.60. The number of phenolic OH excluding ortho intramolecular Hbond substituents is 1. The van der Waals surface area contributed by atoms with Crippen LogP contribution in [0.25, 0.3) is 22.3 Å². The van der Waals surface area contributed by atoms with Crippen molar-refractivity contribution in [2.45, 2.75) is 44.9 Å². The van der Waals surface area contributed by atoms with E-state index in [-0.39, 0.29) is 83.0 Å². The zero-order valence-electron chi connectivity index (χ0n) is 25.4. The summed E-state index contributed by atoms with van der Waals surface area (Å²) in [6.07, 6.45) is -1.37. The fourth-order valence-electron chi connectivity index (χ4n) is 6.01. The lowest BCUT2D eigenvalue weighted by Gasteiger charge is -2.37. The van der Waals surface area contributed by atoms with Gasteiger partial charge in [-0.15, -0.1) is 10.2 Å². The van der Waals surface area contributed by atoms with Gasteiger partial charge in [0.05, 0.1) is 22.3 Å². The van der Waals surface area contributed by atoms with Crippen molar-refractivity contribution in [3.8, 4) is 5.75 Å². The molecule has 0 atom stereocenters. The first kappa shape index (κ1) is 31.5. The molecule has 2 aromatic carbocycles. The molecule has 2 aliphatic rings. The third-order valence-corrected chi connectivity index (χ3v) is 8.86. The van der Waals surface area contributed by atoms with E-state index >= 15 is 0 Å². The van der Waals surface area contributed by atoms with Crippen LogP contribution in [0.4, 0.5) is 24.5 Å². The highest BCUT2D eigenvalue weighted by Gasteiger charge is 2.34. The molecule has 1 aliphatic heterocycles. The van der Waals surface area contributed by atoms with Gasteiger partial charge in [-0.2, -0.15) is 18.0 Å². The fraction of sp³-hybridized carbons (Fsp3) is 0.355. The molecule has 4 heterocycles. The second-order valence-corrected chi connectivity index (χ2v) is 12.1. The number of hydrogen-bond donors (Lipinski definition) is 2. The molecule has 48 heavy (non-hydrogen) atoms. The molecule has 1 aliphatic carbocycles. The SMILES string of the molecule is CCc1c(N2CCN(C(=O)c3c(O)ccc4ncoc34)CC2)c(=O)c2nn(C3CC3)nc2n1CC(=O)Nc1ccc(C(F)(F)F)cc1Cl.